The maximum absolute atomic E-state index is 5.97. The molecule has 2 nitrogen and oxygen atoms in total. The SMILES string of the molecule is Clc1ccc(CSC(CSc2ccc(Cl)cc2)Cn2ccnc2)cc1. The third-order valence-electron chi connectivity index (χ3n) is 3.62. The highest BCUT2D eigenvalue weighted by Crippen LogP contribution is 2.28. The van der Waals surface area contributed by atoms with Gasteiger partial charge in [-0.25, -0.2) is 4.98 Å². The lowest BCUT2D eigenvalue weighted by Crippen LogP contribution is -2.15. The van der Waals surface area contributed by atoms with Crippen LogP contribution in [0.25, 0.3) is 0 Å². The van der Waals surface area contributed by atoms with Crippen molar-refractivity contribution < 1.29 is 0 Å². The molecule has 0 bridgehead atoms. The van der Waals surface area contributed by atoms with Crippen LogP contribution in [0.2, 0.25) is 10.0 Å². The molecular formula is C19H18Cl2N2S2. The van der Waals surface area contributed by atoms with E-state index in [1.54, 1.807) is 0 Å². The van der Waals surface area contributed by atoms with Gasteiger partial charge in [-0.2, -0.15) is 11.8 Å². The zero-order valence-electron chi connectivity index (χ0n) is 13.5. The minimum absolute atomic E-state index is 0.477. The van der Waals surface area contributed by atoms with Crippen molar-refractivity contribution in [3.8, 4) is 0 Å². The van der Waals surface area contributed by atoms with Gasteiger partial charge in [-0.05, 0) is 42.0 Å². The van der Waals surface area contributed by atoms with E-state index in [0.717, 1.165) is 28.1 Å². The Kier molecular flexibility index (Phi) is 7.17. The van der Waals surface area contributed by atoms with Crippen LogP contribution in [0.3, 0.4) is 0 Å². The summed E-state index contributed by atoms with van der Waals surface area (Å²) in [5.74, 6) is 2.00. The van der Waals surface area contributed by atoms with Crippen LogP contribution in [-0.2, 0) is 12.3 Å². The molecule has 0 aliphatic heterocycles. The van der Waals surface area contributed by atoms with Gasteiger partial charge in [0.25, 0.3) is 0 Å². The quantitative estimate of drug-likeness (QED) is 0.408. The van der Waals surface area contributed by atoms with Crippen LogP contribution in [0.15, 0.2) is 72.1 Å². The van der Waals surface area contributed by atoms with E-state index in [2.05, 4.69) is 33.8 Å². The van der Waals surface area contributed by atoms with Gasteiger partial charge in [-0.3, -0.25) is 0 Å². The fourth-order valence-corrected chi connectivity index (χ4v) is 4.85. The lowest BCUT2D eigenvalue weighted by molar-refractivity contribution is 0.695. The predicted molar refractivity (Wildman–Crippen MR) is 111 cm³/mol. The van der Waals surface area contributed by atoms with E-state index < -0.39 is 0 Å². The molecule has 3 aromatic rings. The summed E-state index contributed by atoms with van der Waals surface area (Å²) < 4.78 is 2.14. The van der Waals surface area contributed by atoms with Crippen LogP contribution >= 0.6 is 46.7 Å². The van der Waals surface area contributed by atoms with Gasteiger partial charge in [0, 0.05) is 50.6 Å². The molecule has 0 N–H and O–H groups in total. The van der Waals surface area contributed by atoms with Gasteiger partial charge >= 0.3 is 0 Å². The Morgan fingerprint density at radius 2 is 1.64 bits per heavy atom. The maximum Gasteiger partial charge on any atom is 0.0946 e. The van der Waals surface area contributed by atoms with E-state index in [0.29, 0.717) is 5.25 Å². The van der Waals surface area contributed by atoms with Crippen molar-refractivity contribution >= 4 is 46.7 Å². The van der Waals surface area contributed by atoms with Gasteiger partial charge in [0.05, 0.1) is 6.33 Å². The van der Waals surface area contributed by atoms with Gasteiger partial charge in [0.15, 0.2) is 0 Å². The molecule has 0 aliphatic carbocycles. The average Bonchev–Trinajstić information content (AvgIpc) is 3.13. The second-order valence-electron chi connectivity index (χ2n) is 5.58. The molecule has 130 valence electrons. The molecule has 6 heteroatoms. The number of benzene rings is 2. The van der Waals surface area contributed by atoms with E-state index in [1.165, 1.54) is 10.5 Å². The monoisotopic (exact) mass is 408 g/mol. The summed E-state index contributed by atoms with van der Waals surface area (Å²) in [6, 6.07) is 16.1. The minimum Gasteiger partial charge on any atom is -0.336 e. The van der Waals surface area contributed by atoms with Gasteiger partial charge in [-0.1, -0.05) is 35.3 Å². The molecule has 1 atom stereocenters. The minimum atomic E-state index is 0.477. The fourth-order valence-electron chi connectivity index (χ4n) is 2.30. The number of halogens is 2. The van der Waals surface area contributed by atoms with Crippen molar-refractivity contribution in [3.63, 3.8) is 0 Å². The number of nitrogens with zero attached hydrogens (tertiary/aromatic N) is 2. The maximum atomic E-state index is 5.97. The molecule has 1 heterocycles. The molecule has 25 heavy (non-hydrogen) atoms. The number of thioether (sulfide) groups is 2. The first-order valence-corrected chi connectivity index (χ1v) is 10.7. The Balaban J connectivity index is 1.59. The summed E-state index contributed by atoms with van der Waals surface area (Å²) in [4.78, 5) is 5.39. The van der Waals surface area contributed by atoms with E-state index >= 15 is 0 Å². The van der Waals surface area contributed by atoms with Crippen molar-refractivity contribution in [1.82, 2.24) is 9.55 Å². The highest BCUT2D eigenvalue weighted by Gasteiger charge is 2.12. The second-order valence-corrected chi connectivity index (χ2v) is 8.84. The Bertz CT molecular complexity index is 710. The van der Waals surface area contributed by atoms with Crippen molar-refractivity contribution in [2.45, 2.75) is 22.4 Å². The molecule has 3 rings (SSSR count). The van der Waals surface area contributed by atoms with Gasteiger partial charge in [-0.15, -0.1) is 11.8 Å². The number of rotatable bonds is 8. The highest BCUT2D eigenvalue weighted by atomic mass is 35.5. The average molecular weight is 409 g/mol. The van der Waals surface area contributed by atoms with Gasteiger partial charge in [0.1, 0.15) is 0 Å². The molecule has 0 saturated heterocycles. The summed E-state index contributed by atoms with van der Waals surface area (Å²) in [5.41, 5.74) is 1.29. The molecule has 0 fully saturated rings. The number of aromatic nitrogens is 2. The molecular weight excluding hydrogens is 391 g/mol. The first kappa shape index (κ1) is 18.7. The topological polar surface area (TPSA) is 17.8 Å². The van der Waals surface area contributed by atoms with E-state index in [4.69, 9.17) is 23.2 Å². The predicted octanol–water partition coefficient (Wildman–Crippen LogP) is 6.28. The Morgan fingerprint density at radius 1 is 0.960 bits per heavy atom. The number of hydrogen-bond acceptors (Lipinski definition) is 3. The normalized spacial score (nSPS) is 12.2. The zero-order chi connectivity index (χ0) is 17.5. The van der Waals surface area contributed by atoms with Crippen molar-refractivity contribution in [3.05, 3.63) is 82.9 Å². The van der Waals surface area contributed by atoms with Crippen LogP contribution in [0.5, 0.6) is 0 Å². The van der Waals surface area contributed by atoms with E-state index in [1.807, 2.05) is 66.5 Å². The van der Waals surface area contributed by atoms with Crippen LogP contribution in [0.1, 0.15) is 5.56 Å². The molecule has 0 radical (unpaired) electrons. The number of imidazole rings is 1. The lowest BCUT2D eigenvalue weighted by atomic mass is 10.2. The molecule has 0 saturated carbocycles. The first-order valence-electron chi connectivity index (χ1n) is 7.89. The molecule has 0 amide bonds. The molecule has 2 aromatic carbocycles. The van der Waals surface area contributed by atoms with E-state index in [9.17, 15) is 0 Å². The van der Waals surface area contributed by atoms with Crippen molar-refractivity contribution in [2.75, 3.05) is 5.75 Å². The third-order valence-corrected chi connectivity index (χ3v) is 6.80. The second kappa shape index (κ2) is 9.58. The summed E-state index contributed by atoms with van der Waals surface area (Å²) in [7, 11) is 0. The summed E-state index contributed by atoms with van der Waals surface area (Å²) in [6.07, 6.45) is 5.72. The molecule has 0 aliphatic rings. The standard InChI is InChI=1S/C19H18Cl2N2S2/c20-16-3-1-15(2-4-16)12-24-19(11-23-10-9-22-14-23)13-25-18-7-5-17(21)6-8-18/h1-10,14,19H,11-13H2. The van der Waals surface area contributed by atoms with Gasteiger partial charge in [0.2, 0.25) is 0 Å². The Morgan fingerprint density at radius 3 is 2.28 bits per heavy atom. The third kappa shape index (κ3) is 6.30. The highest BCUT2D eigenvalue weighted by molar-refractivity contribution is 8.03. The summed E-state index contributed by atoms with van der Waals surface area (Å²) in [6.45, 7) is 0.943. The lowest BCUT2D eigenvalue weighted by Gasteiger charge is -2.17. The van der Waals surface area contributed by atoms with Crippen molar-refractivity contribution in [2.24, 2.45) is 0 Å². The van der Waals surface area contributed by atoms with Crippen molar-refractivity contribution in [1.29, 1.82) is 0 Å². The fraction of sp³-hybridized carbons (Fsp3) is 0.211. The summed E-state index contributed by atoms with van der Waals surface area (Å²) in [5, 5.41) is 2.03. The van der Waals surface area contributed by atoms with Crippen LogP contribution < -0.4 is 0 Å². The van der Waals surface area contributed by atoms with Crippen LogP contribution in [-0.4, -0.2) is 20.6 Å². The smallest absolute Gasteiger partial charge is 0.0946 e. The Hall–Kier alpha value is -1.07. The largest absolute Gasteiger partial charge is 0.336 e. The molecule has 1 aromatic heterocycles. The van der Waals surface area contributed by atoms with Gasteiger partial charge < -0.3 is 4.57 Å². The van der Waals surface area contributed by atoms with E-state index in [-0.39, 0.29) is 0 Å². The zero-order valence-corrected chi connectivity index (χ0v) is 16.7. The Labute approximate surface area is 166 Å². The molecule has 1 unspecified atom stereocenters. The number of hydrogen-bond donors (Lipinski definition) is 0. The molecule has 0 spiro atoms. The summed E-state index contributed by atoms with van der Waals surface area (Å²) >= 11 is 15.8. The van der Waals surface area contributed by atoms with Crippen LogP contribution in [0.4, 0.5) is 0 Å². The first-order chi connectivity index (χ1) is 12.2. The van der Waals surface area contributed by atoms with Crippen LogP contribution in [0, 0.1) is 0 Å².